The number of hydrogen-bond acceptors (Lipinski definition) is 5. The van der Waals surface area contributed by atoms with Gasteiger partial charge < -0.3 is 14.4 Å². The smallest absolute Gasteiger partial charge is 0.511 e. The van der Waals surface area contributed by atoms with E-state index in [1.807, 2.05) is 51.2 Å². The van der Waals surface area contributed by atoms with Crippen LogP contribution in [0.1, 0.15) is 134 Å². The van der Waals surface area contributed by atoms with Crippen molar-refractivity contribution in [1.82, 2.24) is 4.98 Å². The Kier molecular flexibility index (Phi) is 8.97. The maximum absolute atomic E-state index is 9.19. The number of fused-ring (bicyclic) bond motifs is 5. The van der Waals surface area contributed by atoms with E-state index in [0.717, 1.165) is 56.1 Å². The second-order valence-corrected chi connectivity index (χ2v) is 18.8. The van der Waals surface area contributed by atoms with E-state index < -0.39 is 17.5 Å². The Morgan fingerprint density at radius 2 is 1.52 bits per heavy atom. The minimum Gasteiger partial charge on any atom is -0.511 e. The molecule has 292 valence electrons. The summed E-state index contributed by atoms with van der Waals surface area (Å²) in [6, 6.07) is 30.5. The summed E-state index contributed by atoms with van der Waals surface area (Å²) in [6.45, 7) is 28.0. The van der Waals surface area contributed by atoms with Crippen molar-refractivity contribution in [3.63, 3.8) is 0 Å². The second-order valence-electron chi connectivity index (χ2n) is 18.8. The molecule has 0 unspecified atom stereocenters. The second kappa shape index (κ2) is 13.4. The normalized spacial score (nSPS) is 22.2. The molecule has 0 bridgehead atoms. The number of aromatic nitrogens is 1. The molecule has 0 saturated carbocycles. The number of rotatable bonds is 4. The number of aryl methyl sites for hydroxylation is 2. The average Bonchev–Trinajstić information content (AvgIpc) is 3.38. The fourth-order valence-electron chi connectivity index (χ4n) is 8.40. The third-order valence-electron chi connectivity index (χ3n) is 12.4. The Balaban J connectivity index is 0.00000512. The van der Waals surface area contributed by atoms with Crippen LogP contribution in [0.2, 0.25) is 0 Å². The Morgan fingerprint density at radius 1 is 0.804 bits per heavy atom. The number of ether oxygens (including phenoxy) is 2. The fraction of sp³-hybridized carbons (Fsp3) is 0.400. The van der Waals surface area contributed by atoms with Crippen LogP contribution in [0.5, 0.6) is 11.5 Å². The van der Waals surface area contributed by atoms with Crippen LogP contribution in [0.4, 0.5) is 17.2 Å². The Morgan fingerprint density at radius 3 is 2.23 bits per heavy atom. The number of aliphatic imine (C=N–C) groups is 1. The van der Waals surface area contributed by atoms with Crippen LogP contribution in [-0.4, -0.2) is 16.5 Å². The van der Waals surface area contributed by atoms with Gasteiger partial charge in [-0.25, -0.2) is 4.98 Å². The minimum absolute atomic E-state index is 0. The zero-order chi connectivity index (χ0) is 41.2. The maximum atomic E-state index is 9.19. The van der Waals surface area contributed by atoms with E-state index in [1.165, 1.54) is 11.1 Å². The van der Waals surface area contributed by atoms with Crippen LogP contribution in [0.25, 0.3) is 0 Å². The third kappa shape index (κ3) is 6.43. The van der Waals surface area contributed by atoms with Crippen molar-refractivity contribution >= 4 is 23.1 Å². The maximum Gasteiger partial charge on any atom is 2.00 e. The molecule has 1 aliphatic carbocycles. The van der Waals surface area contributed by atoms with E-state index >= 15 is 0 Å². The van der Waals surface area contributed by atoms with Gasteiger partial charge >= 0.3 is 21.1 Å². The Bertz CT molecular complexity index is 2510. The van der Waals surface area contributed by atoms with Gasteiger partial charge in [-0.3, -0.25) is 4.99 Å². The minimum atomic E-state index is -1.58. The molecule has 5 nitrogen and oxygen atoms in total. The fourth-order valence-corrected chi connectivity index (χ4v) is 8.40. The molecular weight excluding hydrogens is 870 g/mol. The van der Waals surface area contributed by atoms with E-state index in [0.29, 0.717) is 23.0 Å². The van der Waals surface area contributed by atoms with Gasteiger partial charge in [-0.2, -0.15) is 5.56 Å². The predicted octanol–water partition coefficient (Wildman–Crippen LogP) is 12.5. The molecule has 0 spiro atoms. The Labute approximate surface area is 352 Å². The standard InChI is InChI=1S/C50H55N3O2.Pt/c1-30-23-36(53-43-19-17-34(46(4,5)6)28-42(43)48(10,11)41-15-14-22-51-44(41)53)29-37(24-30)54-38-26-33(25-35(27-38)47(7,8)9)45-52-50(13)40-18-16-31(2)32(3)39(40)20-21-49(50,12)55-45;/h14-19,22-25,27-28H,20-21H2,1-13H3;/q-2;+2/t49-,50+;/m0./s1/i20D2;. The van der Waals surface area contributed by atoms with Crippen molar-refractivity contribution in [3.05, 3.63) is 141 Å². The van der Waals surface area contributed by atoms with Crippen LogP contribution in [-0.2, 0) is 54.0 Å². The SMILES string of the molecule is [2H]C1([2H])C[C@]2(C)OC(c3[c-]c(Oc4[c-]c(N5c6ccc(C(C)(C)C)cc6C(C)(C)c6cccnc65)cc(C)c4)cc(C(C)(C)C)c3)=N[C@]2(C)c2ccc(C)c(C)c21.[Pt+2]. The van der Waals surface area contributed by atoms with Crippen molar-refractivity contribution in [2.45, 2.75) is 130 Å². The van der Waals surface area contributed by atoms with Gasteiger partial charge in [0.2, 0.25) is 0 Å². The molecule has 1 aromatic heterocycles. The number of pyridine rings is 1. The van der Waals surface area contributed by atoms with Gasteiger partial charge in [0.05, 0.1) is 0 Å². The summed E-state index contributed by atoms with van der Waals surface area (Å²) in [7, 11) is 0. The molecule has 8 rings (SSSR count). The topological polar surface area (TPSA) is 47.0 Å². The van der Waals surface area contributed by atoms with E-state index in [2.05, 4.69) is 129 Å². The van der Waals surface area contributed by atoms with E-state index in [1.54, 1.807) is 0 Å². The van der Waals surface area contributed by atoms with Crippen LogP contribution in [0, 0.1) is 32.9 Å². The molecule has 2 aliphatic heterocycles. The van der Waals surface area contributed by atoms with E-state index in [9.17, 15) is 2.74 Å². The first-order valence-electron chi connectivity index (χ1n) is 20.5. The monoisotopic (exact) mass is 926 g/mol. The van der Waals surface area contributed by atoms with Gasteiger partial charge in [0.1, 0.15) is 22.9 Å². The molecule has 0 saturated heterocycles. The molecule has 0 radical (unpaired) electrons. The molecule has 5 aromatic rings. The zero-order valence-electron chi connectivity index (χ0n) is 37.1. The van der Waals surface area contributed by atoms with E-state index in [-0.39, 0.29) is 43.7 Å². The summed E-state index contributed by atoms with van der Waals surface area (Å²) in [5.74, 6) is 2.41. The van der Waals surface area contributed by atoms with E-state index in [4.69, 9.17) is 19.5 Å². The van der Waals surface area contributed by atoms with Crippen molar-refractivity contribution in [3.8, 4) is 11.5 Å². The number of benzene rings is 4. The molecule has 56 heavy (non-hydrogen) atoms. The van der Waals surface area contributed by atoms with Crippen molar-refractivity contribution < 1.29 is 33.3 Å². The van der Waals surface area contributed by atoms with Crippen LogP contribution >= 0.6 is 0 Å². The molecule has 0 amide bonds. The first-order chi connectivity index (χ1) is 26.4. The quantitative estimate of drug-likeness (QED) is 0.169. The van der Waals surface area contributed by atoms with Crippen molar-refractivity contribution in [1.29, 1.82) is 0 Å². The zero-order valence-corrected chi connectivity index (χ0v) is 37.4. The molecule has 3 aliphatic rings. The number of hydrogen-bond donors (Lipinski definition) is 0. The van der Waals surface area contributed by atoms with Crippen LogP contribution < -0.4 is 9.64 Å². The van der Waals surface area contributed by atoms with Gasteiger partial charge in [-0.05, 0) is 96.8 Å². The number of nitrogens with zero attached hydrogens (tertiary/aromatic N) is 3. The predicted molar refractivity (Wildman–Crippen MR) is 225 cm³/mol. The Hall–Kier alpha value is -4.21. The summed E-state index contributed by atoms with van der Waals surface area (Å²) in [5, 5.41) is 0. The third-order valence-corrected chi connectivity index (χ3v) is 12.4. The molecular formula is C50H55N3O2Pt. The van der Waals surface area contributed by atoms with Crippen LogP contribution in [0.3, 0.4) is 0 Å². The molecule has 0 N–H and O–H groups in total. The van der Waals surface area contributed by atoms with Gasteiger partial charge in [-0.1, -0.05) is 116 Å². The molecule has 0 fully saturated rings. The van der Waals surface area contributed by atoms with Gasteiger partial charge in [-0.15, -0.1) is 29.8 Å². The molecule has 2 atom stereocenters. The first kappa shape index (κ1) is 37.4. The summed E-state index contributed by atoms with van der Waals surface area (Å²) >= 11 is 0. The number of anilines is 3. The summed E-state index contributed by atoms with van der Waals surface area (Å²) in [5.41, 5.74) is 9.76. The van der Waals surface area contributed by atoms with Crippen molar-refractivity contribution in [2.75, 3.05) is 4.90 Å². The summed E-state index contributed by atoms with van der Waals surface area (Å²) in [6.07, 6.45) is 0.457. The van der Waals surface area contributed by atoms with Gasteiger partial charge in [0.15, 0.2) is 0 Å². The van der Waals surface area contributed by atoms with Crippen LogP contribution in [0.15, 0.2) is 77.9 Å². The molecule has 4 aromatic carbocycles. The average molecular weight is 927 g/mol. The van der Waals surface area contributed by atoms with Gasteiger partial charge in [0.25, 0.3) is 0 Å². The summed E-state index contributed by atoms with van der Waals surface area (Å²) < 4.78 is 32.0. The van der Waals surface area contributed by atoms with Crippen molar-refractivity contribution in [2.24, 2.45) is 4.99 Å². The first-order valence-corrected chi connectivity index (χ1v) is 19.5. The molecule has 3 heterocycles. The largest absolute Gasteiger partial charge is 2.00 e. The van der Waals surface area contributed by atoms with Gasteiger partial charge in [0, 0.05) is 37.1 Å². The summed E-state index contributed by atoms with van der Waals surface area (Å²) in [4.78, 5) is 12.5. The molecule has 6 heteroatoms.